The predicted octanol–water partition coefficient (Wildman–Crippen LogP) is 1.73. The summed E-state index contributed by atoms with van der Waals surface area (Å²) < 4.78 is 5.11. The van der Waals surface area contributed by atoms with Gasteiger partial charge in [-0.1, -0.05) is 0 Å². The fourth-order valence-corrected chi connectivity index (χ4v) is 1.63. The van der Waals surface area contributed by atoms with Crippen molar-refractivity contribution in [2.24, 2.45) is 0 Å². The fraction of sp³-hybridized carbons (Fsp3) is 0.444. The predicted molar refractivity (Wildman–Crippen MR) is 58.2 cm³/mol. The van der Waals surface area contributed by atoms with E-state index in [4.69, 9.17) is 16.3 Å². The van der Waals surface area contributed by atoms with Crippen molar-refractivity contribution in [1.29, 1.82) is 0 Å². The highest BCUT2D eigenvalue weighted by molar-refractivity contribution is 7.08. The highest BCUT2D eigenvalue weighted by Crippen LogP contribution is 2.04. The molecule has 78 valence electrons. The SMILES string of the molecule is O=C(NCCOCCCl)c1ccsc1. The Morgan fingerprint density at radius 1 is 1.57 bits per heavy atom. The molecule has 14 heavy (non-hydrogen) atoms. The molecule has 0 aliphatic rings. The number of ether oxygens (including phenoxy) is 1. The van der Waals surface area contributed by atoms with E-state index in [9.17, 15) is 4.79 Å². The first kappa shape index (κ1) is 11.5. The second-order valence-electron chi connectivity index (χ2n) is 2.57. The minimum absolute atomic E-state index is 0.0549. The summed E-state index contributed by atoms with van der Waals surface area (Å²) in [5.74, 6) is 0.430. The Kier molecular flexibility index (Phi) is 5.59. The number of carbonyl (C=O) groups excluding carboxylic acids is 1. The Labute approximate surface area is 92.0 Å². The zero-order chi connectivity index (χ0) is 10.2. The number of hydrogen-bond donors (Lipinski definition) is 1. The number of nitrogens with one attached hydrogen (secondary N) is 1. The van der Waals surface area contributed by atoms with Gasteiger partial charge in [0.05, 0.1) is 13.2 Å². The first-order valence-corrected chi connectivity index (χ1v) is 5.76. The zero-order valence-corrected chi connectivity index (χ0v) is 9.24. The lowest BCUT2D eigenvalue weighted by molar-refractivity contribution is 0.0924. The quantitative estimate of drug-likeness (QED) is 0.600. The first-order valence-electron chi connectivity index (χ1n) is 4.28. The minimum atomic E-state index is -0.0549. The highest BCUT2D eigenvalue weighted by Gasteiger charge is 2.03. The molecular formula is C9H12ClNO2S. The van der Waals surface area contributed by atoms with Gasteiger partial charge in [-0.15, -0.1) is 11.6 Å². The second kappa shape index (κ2) is 6.81. The number of carbonyl (C=O) groups is 1. The number of hydrogen-bond acceptors (Lipinski definition) is 3. The van der Waals surface area contributed by atoms with Gasteiger partial charge in [0.15, 0.2) is 0 Å². The molecule has 0 atom stereocenters. The lowest BCUT2D eigenvalue weighted by Crippen LogP contribution is -2.27. The second-order valence-corrected chi connectivity index (χ2v) is 3.73. The van der Waals surface area contributed by atoms with Gasteiger partial charge < -0.3 is 10.1 Å². The molecule has 5 heteroatoms. The standard InChI is InChI=1S/C9H12ClNO2S/c10-2-4-13-5-3-11-9(12)8-1-6-14-7-8/h1,6-7H,2-5H2,(H,11,12). The summed E-state index contributed by atoms with van der Waals surface area (Å²) in [6.45, 7) is 1.55. The molecule has 3 nitrogen and oxygen atoms in total. The Balaban J connectivity index is 2.10. The largest absolute Gasteiger partial charge is 0.378 e. The molecule has 1 aromatic rings. The summed E-state index contributed by atoms with van der Waals surface area (Å²) in [5.41, 5.74) is 0.701. The van der Waals surface area contributed by atoms with Crippen LogP contribution < -0.4 is 5.32 Å². The molecule has 0 bridgehead atoms. The molecule has 0 saturated carbocycles. The van der Waals surface area contributed by atoms with Gasteiger partial charge in [-0.25, -0.2) is 0 Å². The van der Waals surface area contributed by atoms with Crippen molar-refractivity contribution in [1.82, 2.24) is 5.32 Å². The molecule has 0 saturated heterocycles. The number of amides is 1. The van der Waals surface area contributed by atoms with E-state index in [1.165, 1.54) is 11.3 Å². The van der Waals surface area contributed by atoms with E-state index in [-0.39, 0.29) is 5.91 Å². The van der Waals surface area contributed by atoms with Gasteiger partial charge in [-0.3, -0.25) is 4.79 Å². The molecule has 0 unspecified atom stereocenters. The summed E-state index contributed by atoms with van der Waals surface area (Å²) in [5, 5.41) is 6.43. The molecule has 0 aliphatic heterocycles. The van der Waals surface area contributed by atoms with Crippen molar-refractivity contribution in [3.8, 4) is 0 Å². The lowest BCUT2D eigenvalue weighted by Gasteiger charge is -2.03. The zero-order valence-electron chi connectivity index (χ0n) is 7.66. The summed E-state index contributed by atoms with van der Waals surface area (Å²) in [4.78, 5) is 11.4. The van der Waals surface area contributed by atoms with E-state index in [2.05, 4.69) is 5.32 Å². The third-order valence-corrected chi connectivity index (χ3v) is 2.37. The number of rotatable bonds is 6. The number of alkyl halides is 1. The van der Waals surface area contributed by atoms with Gasteiger partial charge in [-0.05, 0) is 11.4 Å². The van der Waals surface area contributed by atoms with Gasteiger partial charge in [0, 0.05) is 23.4 Å². The lowest BCUT2D eigenvalue weighted by atomic mass is 10.3. The molecule has 0 aromatic carbocycles. The van der Waals surface area contributed by atoms with Crippen LogP contribution in [0.15, 0.2) is 16.8 Å². The highest BCUT2D eigenvalue weighted by atomic mass is 35.5. The molecule has 0 spiro atoms. The molecule has 1 rings (SSSR count). The monoisotopic (exact) mass is 233 g/mol. The summed E-state index contributed by atoms with van der Waals surface area (Å²) in [6.07, 6.45) is 0. The van der Waals surface area contributed by atoms with Crippen molar-refractivity contribution in [2.75, 3.05) is 25.6 Å². The summed E-state index contributed by atoms with van der Waals surface area (Å²) >= 11 is 6.92. The first-order chi connectivity index (χ1) is 6.84. The van der Waals surface area contributed by atoms with Gasteiger partial charge in [0.25, 0.3) is 5.91 Å². The molecular weight excluding hydrogens is 222 g/mol. The van der Waals surface area contributed by atoms with Gasteiger partial charge in [0.1, 0.15) is 0 Å². The van der Waals surface area contributed by atoms with Crippen LogP contribution in [0.1, 0.15) is 10.4 Å². The molecule has 1 amide bonds. The van der Waals surface area contributed by atoms with Crippen LogP contribution in [0.4, 0.5) is 0 Å². The van der Waals surface area contributed by atoms with Crippen molar-refractivity contribution in [2.45, 2.75) is 0 Å². The Bertz CT molecular complexity index is 264. The summed E-state index contributed by atoms with van der Waals surface area (Å²) in [6, 6.07) is 1.79. The van der Waals surface area contributed by atoms with Gasteiger partial charge in [0.2, 0.25) is 0 Å². The van der Waals surface area contributed by atoms with E-state index < -0.39 is 0 Å². The fourth-order valence-electron chi connectivity index (χ4n) is 0.889. The van der Waals surface area contributed by atoms with E-state index >= 15 is 0 Å². The number of thiophene rings is 1. The van der Waals surface area contributed by atoms with Gasteiger partial charge >= 0.3 is 0 Å². The molecule has 0 aliphatic carbocycles. The van der Waals surface area contributed by atoms with E-state index in [0.29, 0.717) is 31.2 Å². The maximum atomic E-state index is 11.4. The van der Waals surface area contributed by atoms with Gasteiger partial charge in [-0.2, -0.15) is 11.3 Å². The normalized spacial score (nSPS) is 10.1. The van der Waals surface area contributed by atoms with Crippen LogP contribution in [0.25, 0.3) is 0 Å². The third kappa shape index (κ3) is 4.09. The average Bonchev–Trinajstić information content (AvgIpc) is 2.70. The molecule has 0 fully saturated rings. The maximum Gasteiger partial charge on any atom is 0.252 e. The number of halogens is 1. The van der Waals surface area contributed by atoms with Crippen LogP contribution in [0.5, 0.6) is 0 Å². The van der Waals surface area contributed by atoms with Crippen LogP contribution in [-0.4, -0.2) is 31.5 Å². The Morgan fingerprint density at radius 2 is 2.43 bits per heavy atom. The van der Waals surface area contributed by atoms with Crippen molar-refractivity contribution in [3.63, 3.8) is 0 Å². The third-order valence-electron chi connectivity index (χ3n) is 1.54. The topological polar surface area (TPSA) is 38.3 Å². The van der Waals surface area contributed by atoms with Crippen LogP contribution in [0, 0.1) is 0 Å². The Hall–Kier alpha value is -0.580. The molecule has 1 N–H and O–H groups in total. The minimum Gasteiger partial charge on any atom is -0.378 e. The van der Waals surface area contributed by atoms with E-state index in [1.54, 1.807) is 6.07 Å². The molecule has 1 aromatic heterocycles. The van der Waals surface area contributed by atoms with Crippen molar-refractivity contribution in [3.05, 3.63) is 22.4 Å². The van der Waals surface area contributed by atoms with Crippen molar-refractivity contribution >= 4 is 28.8 Å². The van der Waals surface area contributed by atoms with Crippen LogP contribution in [0.3, 0.4) is 0 Å². The average molecular weight is 234 g/mol. The summed E-state index contributed by atoms with van der Waals surface area (Å²) in [7, 11) is 0. The van der Waals surface area contributed by atoms with Crippen LogP contribution in [-0.2, 0) is 4.74 Å². The smallest absolute Gasteiger partial charge is 0.252 e. The maximum absolute atomic E-state index is 11.4. The van der Waals surface area contributed by atoms with Crippen LogP contribution >= 0.6 is 22.9 Å². The van der Waals surface area contributed by atoms with Crippen molar-refractivity contribution < 1.29 is 9.53 Å². The van der Waals surface area contributed by atoms with Crippen LogP contribution in [0.2, 0.25) is 0 Å². The molecule has 0 radical (unpaired) electrons. The van der Waals surface area contributed by atoms with E-state index in [0.717, 1.165) is 0 Å². The van der Waals surface area contributed by atoms with E-state index in [1.807, 2.05) is 10.8 Å². The Morgan fingerprint density at radius 3 is 3.07 bits per heavy atom. The molecule has 1 heterocycles.